The first-order chi connectivity index (χ1) is 31.8. The van der Waals surface area contributed by atoms with E-state index in [1.54, 1.807) is 0 Å². The average Bonchev–Trinajstić information content (AvgIpc) is 3.89. The minimum atomic E-state index is 0.948. The van der Waals surface area contributed by atoms with Gasteiger partial charge in [-0.25, -0.2) is 0 Å². The Hall–Kier alpha value is -8.74. The topological polar surface area (TPSA) is 42.1 Å². The number of benzene rings is 8. The van der Waals surface area contributed by atoms with Crippen LogP contribution in [0.25, 0.3) is 66.1 Å². The molecule has 12 aromatic rings. The van der Waals surface area contributed by atoms with Gasteiger partial charge in [0.25, 0.3) is 0 Å². The van der Waals surface area contributed by atoms with Crippen molar-refractivity contribution in [3.8, 4) is 22.5 Å². The highest BCUT2D eigenvalue weighted by Gasteiger charge is 2.23. The Kier molecular flexibility index (Phi) is 9.05. The number of para-hydroxylation sites is 6. The summed E-state index contributed by atoms with van der Waals surface area (Å²) < 4.78 is 4.71. The Bertz CT molecular complexity index is 3260. The largest absolute Gasteiger partial charge is 0.310 e. The smallest absolute Gasteiger partial charge is 0.0572 e. The van der Waals surface area contributed by atoms with Crippen LogP contribution in [-0.4, -0.2) is 19.1 Å². The van der Waals surface area contributed by atoms with Crippen LogP contribution in [0.3, 0.4) is 0 Å². The highest BCUT2D eigenvalue weighted by atomic mass is 15.2. The van der Waals surface area contributed by atoms with E-state index in [-0.39, 0.29) is 0 Å². The summed E-state index contributed by atoms with van der Waals surface area (Å²) in [5.74, 6) is 0. The molecule has 0 aliphatic carbocycles. The number of anilines is 6. The van der Waals surface area contributed by atoms with E-state index in [9.17, 15) is 0 Å². The third-order valence-corrected chi connectivity index (χ3v) is 12.3. The third kappa shape index (κ3) is 6.19. The van der Waals surface area contributed by atoms with Gasteiger partial charge in [0.1, 0.15) is 0 Å². The Morgan fingerprint density at radius 1 is 0.281 bits per heavy atom. The monoisotopic (exact) mass is 820 g/mol. The van der Waals surface area contributed by atoms with Crippen molar-refractivity contribution in [1.29, 1.82) is 0 Å². The average molecular weight is 821 g/mol. The molecule has 64 heavy (non-hydrogen) atoms. The maximum atomic E-state index is 4.75. The molecule has 0 saturated carbocycles. The van der Waals surface area contributed by atoms with Crippen LogP contribution in [0.2, 0.25) is 0 Å². The Balaban J connectivity index is 0.985. The highest BCUT2D eigenvalue weighted by Crippen LogP contribution is 2.46. The fraction of sp³-hybridized carbons (Fsp3) is 0. The normalized spacial score (nSPS) is 11.4. The maximum absolute atomic E-state index is 4.75. The number of rotatable bonds is 9. The summed E-state index contributed by atoms with van der Waals surface area (Å²) in [5, 5.41) is 4.96. The van der Waals surface area contributed by atoms with Gasteiger partial charge in [-0.05, 0) is 109 Å². The molecule has 0 spiro atoms. The highest BCUT2D eigenvalue weighted by molar-refractivity contribution is 6.10. The molecule has 0 radical (unpaired) electrons. The van der Waals surface area contributed by atoms with Gasteiger partial charge in [-0.2, -0.15) is 0 Å². The SMILES string of the molecule is c1ccc(N(c2ccc(-n3c4ccccc4c4ccccc43)cc2)c2ccncc2-c2cnccc2N(c2ccccc2)c2ccc(-n3c4ccccc4c4ccccc43)cc2)cc1. The first-order valence-electron chi connectivity index (χ1n) is 21.6. The van der Waals surface area contributed by atoms with Crippen molar-refractivity contribution in [2.24, 2.45) is 0 Å². The van der Waals surface area contributed by atoms with Crippen LogP contribution >= 0.6 is 0 Å². The van der Waals surface area contributed by atoms with Crippen LogP contribution < -0.4 is 9.80 Å². The molecule has 0 saturated heterocycles. The predicted molar refractivity (Wildman–Crippen MR) is 266 cm³/mol. The second kappa shape index (κ2) is 15.6. The maximum Gasteiger partial charge on any atom is 0.0572 e. The van der Waals surface area contributed by atoms with Gasteiger partial charge in [0.15, 0.2) is 0 Å². The molecule has 6 nitrogen and oxygen atoms in total. The lowest BCUT2D eigenvalue weighted by atomic mass is 10.0. The molecule has 0 unspecified atom stereocenters. The zero-order valence-corrected chi connectivity index (χ0v) is 34.8. The van der Waals surface area contributed by atoms with Crippen LogP contribution in [0.1, 0.15) is 0 Å². The van der Waals surface area contributed by atoms with Crippen LogP contribution in [0.5, 0.6) is 0 Å². The summed E-state index contributed by atoms with van der Waals surface area (Å²) in [5.41, 5.74) is 14.9. The second-order valence-electron chi connectivity index (χ2n) is 15.9. The van der Waals surface area contributed by atoms with Gasteiger partial charge in [-0.3, -0.25) is 9.97 Å². The Morgan fingerprint density at radius 2 is 0.578 bits per heavy atom. The van der Waals surface area contributed by atoms with Crippen molar-refractivity contribution < 1.29 is 0 Å². The third-order valence-electron chi connectivity index (χ3n) is 12.3. The first-order valence-corrected chi connectivity index (χ1v) is 21.6. The molecule has 0 bridgehead atoms. The number of fused-ring (bicyclic) bond motifs is 6. The fourth-order valence-electron chi connectivity index (χ4n) is 9.49. The van der Waals surface area contributed by atoms with Crippen molar-refractivity contribution in [3.63, 3.8) is 0 Å². The van der Waals surface area contributed by atoms with Crippen LogP contribution in [0.4, 0.5) is 34.1 Å². The van der Waals surface area contributed by atoms with Crippen molar-refractivity contribution in [2.75, 3.05) is 9.80 Å². The molecule has 302 valence electrons. The zero-order valence-electron chi connectivity index (χ0n) is 34.8. The Labute approximate surface area is 370 Å². The molecule has 0 amide bonds. The van der Waals surface area contributed by atoms with E-state index in [4.69, 9.17) is 9.97 Å². The predicted octanol–water partition coefficient (Wildman–Crippen LogP) is 15.3. The quantitative estimate of drug-likeness (QED) is 0.145. The van der Waals surface area contributed by atoms with E-state index in [2.05, 4.69) is 237 Å². The van der Waals surface area contributed by atoms with Gasteiger partial charge < -0.3 is 18.9 Å². The van der Waals surface area contributed by atoms with E-state index in [1.807, 2.05) is 24.8 Å². The van der Waals surface area contributed by atoms with Gasteiger partial charge in [-0.1, -0.05) is 109 Å². The van der Waals surface area contributed by atoms with E-state index >= 15 is 0 Å². The standard InChI is InChI=1S/C58H40N6/c1-3-15-41(16-4-1)61(43-27-31-45(32-28-43)63-53-23-11-7-19-47(53)48-20-8-12-24-54(48)63)57-35-37-59-39-51(57)52-40-60-38-36-58(52)62(42-17-5-2-6-18-42)44-29-33-46(34-30-44)64-55-25-13-9-21-49(55)50-22-10-14-26-56(50)64/h1-40H. The number of hydrogen-bond acceptors (Lipinski definition) is 4. The number of pyridine rings is 2. The van der Waals surface area contributed by atoms with Gasteiger partial charge in [-0.15, -0.1) is 0 Å². The van der Waals surface area contributed by atoms with E-state index in [0.29, 0.717) is 0 Å². The van der Waals surface area contributed by atoms with Crippen LogP contribution in [0, 0.1) is 0 Å². The van der Waals surface area contributed by atoms with Crippen molar-refractivity contribution in [1.82, 2.24) is 19.1 Å². The van der Waals surface area contributed by atoms with Crippen molar-refractivity contribution in [3.05, 3.63) is 243 Å². The lowest BCUT2D eigenvalue weighted by Gasteiger charge is -2.30. The summed E-state index contributed by atoms with van der Waals surface area (Å²) in [4.78, 5) is 14.1. The Morgan fingerprint density at radius 3 is 0.922 bits per heavy atom. The number of hydrogen-bond donors (Lipinski definition) is 0. The molecular formula is C58H40N6. The minimum Gasteiger partial charge on any atom is -0.310 e. The molecule has 8 aromatic carbocycles. The molecule has 6 heteroatoms. The zero-order chi connectivity index (χ0) is 42.4. The summed E-state index contributed by atoms with van der Waals surface area (Å²) >= 11 is 0. The van der Waals surface area contributed by atoms with Crippen molar-refractivity contribution >= 4 is 77.7 Å². The summed E-state index contributed by atoms with van der Waals surface area (Å²) in [6, 6.07) is 77.6. The fourth-order valence-corrected chi connectivity index (χ4v) is 9.49. The van der Waals surface area contributed by atoms with Crippen LogP contribution in [0.15, 0.2) is 243 Å². The van der Waals surface area contributed by atoms with Crippen LogP contribution in [-0.2, 0) is 0 Å². The van der Waals surface area contributed by atoms with Gasteiger partial charge in [0.2, 0.25) is 0 Å². The lowest BCUT2D eigenvalue weighted by Crippen LogP contribution is -2.14. The van der Waals surface area contributed by atoms with Gasteiger partial charge in [0.05, 0.1) is 33.4 Å². The molecular weight excluding hydrogens is 781 g/mol. The molecule has 12 rings (SSSR count). The molecule has 4 aromatic heterocycles. The van der Waals surface area contributed by atoms with Crippen molar-refractivity contribution in [2.45, 2.75) is 0 Å². The second-order valence-corrected chi connectivity index (χ2v) is 15.9. The van der Waals surface area contributed by atoms with E-state index in [1.165, 1.54) is 43.6 Å². The molecule has 0 aliphatic rings. The molecule has 0 aliphatic heterocycles. The lowest BCUT2D eigenvalue weighted by molar-refractivity contribution is 1.17. The molecule has 4 heterocycles. The molecule has 0 fully saturated rings. The van der Waals surface area contributed by atoms with Gasteiger partial charge >= 0.3 is 0 Å². The molecule has 0 atom stereocenters. The summed E-state index contributed by atoms with van der Waals surface area (Å²) in [6.45, 7) is 0. The summed E-state index contributed by atoms with van der Waals surface area (Å²) in [7, 11) is 0. The minimum absolute atomic E-state index is 0.948. The van der Waals surface area contributed by atoms with Gasteiger partial charge in [0, 0.05) is 91.6 Å². The number of aromatic nitrogens is 4. The van der Waals surface area contributed by atoms with E-state index in [0.717, 1.165) is 56.6 Å². The van der Waals surface area contributed by atoms with E-state index < -0.39 is 0 Å². The molecule has 0 N–H and O–H groups in total. The first kappa shape index (κ1) is 37.1. The summed E-state index contributed by atoms with van der Waals surface area (Å²) in [6.07, 6.45) is 7.68. The number of nitrogens with zero attached hydrogens (tertiary/aromatic N) is 6.